The molecule has 0 radical (unpaired) electrons. The van der Waals surface area contributed by atoms with Gasteiger partial charge in [-0.1, -0.05) is 36.4 Å². The van der Waals surface area contributed by atoms with Gasteiger partial charge in [-0.3, -0.25) is 14.5 Å². The highest BCUT2D eigenvalue weighted by atomic mass is 16.2. The first-order valence-electron chi connectivity index (χ1n) is 9.39. The quantitative estimate of drug-likeness (QED) is 0.803. The zero-order valence-electron chi connectivity index (χ0n) is 16.0. The summed E-state index contributed by atoms with van der Waals surface area (Å²) in [6, 6.07) is 19.1. The van der Waals surface area contributed by atoms with Crippen LogP contribution in [0.25, 0.3) is 0 Å². The molecule has 1 saturated heterocycles. The second-order valence-corrected chi connectivity index (χ2v) is 6.91. The molecule has 6 heteroatoms. The number of carbonyl (C=O) groups is 2. The molecule has 1 fully saturated rings. The molecule has 0 spiro atoms. The minimum Gasteiger partial charge on any atom is -0.339 e. The molecule has 1 heterocycles. The molecule has 2 aromatic carbocycles. The summed E-state index contributed by atoms with van der Waals surface area (Å²) in [5.41, 5.74) is 2.30. The van der Waals surface area contributed by atoms with Crippen molar-refractivity contribution < 1.29 is 9.59 Å². The van der Waals surface area contributed by atoms with Crippen LogP contribution in [-0.2, 0) is 16.1 Å². The number of anilines is 1. The van der Waals surface area contributed by atoms with E-state index in [0.717, 1.165) is 19.6 Å². The van der Waals surface area contributed by atoms with Crippen LogP contribution in [0.4, 0.5) is 5.69 Å². The first-order chi connectivity index (χ1) is 13.6. The first kappa shape index (κ1) is 19.6. The standard InChI is InChI=1S/C22H24N4O2/c1-18(27)26(21-9-5-8-20(14-21)15-23)17-22(28)25-12-10-24(11-13-25)16-19-6-3-2-4-7-19/h2-9,14H,10-13,16-17H2,1H3. The fraction of sp³-hybridized carbons (Fsp3) is 0.318. The van der Waals surface area contributed by atoms with Crippen molar-refractivity contribution in [3.8, 4) is 6.07 Å². The van der Waals surface area contributed by atoms with Gasteiger partial charge >= 0.3 is 0 Å². The minimum atomic E-state index is -0.217. The van der Waals surface area contributed by atoms with E-state index in [1.165, 1.54) is 17.4 Å². The molecule has 28 heavy (non-hydrogen) atoms. The summed E-state index contributed by atoms with van der Waals surface area (Å²) in [6.07, 6.45) is 0. The maximum absolute atomic E-state index is 12.8. The lowest BCUT2D eigenvalue weighted by Gasteiger charge is -2.35. The number of benzene rings is 2. The van der Waals surface area contributed by atoms with Crippen LogP contribution in [-0.4, -0.2) is 54.3 Å². The largest absolute Gasteiger partial charge is 0.339 e. The second-order valence-electron chi connectivity index (χ2n) is 6.91. The molecule has 0 atom stereocenters. The molecule has 2 aromatic rings. The van der Waals surface area contributed by atoms with Crippen molar-refractivity contribution in [2.75, 3.05) is 37.6 Å². The maximum Gasteiger partial charge on any atom is 0.242 e. The summed E-state index contributed by atoms with van der Waals surface area (Å²) in [7, 11) is 0. The molecular formula is C22H24N4O2. The van der Waals surface area contributed by atoms with Crippen LogP contribution in [0.1, 0.15) is 18.1 Å². The molecular weight excluding hydrogens is 352 g/mol. The lowest BCUT2D eigenvalue weighted by molar-refractivity contribution is -0.132. The Morgan fingerprint density at radius 2 is 1.75 bits per heavy atom. The van der Waals surface area contributed by atoms with Gasteiger partial charge in [-0.05, 0) is 23.8 Å². The summed E-state index contributed by atoms with van der Waals surface area (Å²) in [5, 5.41) is 9.07. The molecule has 144 valence electrons. The van der Waals surface area contributed by atoms with Gasteiger partial charge in [-0.2, -0.15) is 5.26 Å². The van der Waals surface area contributed by atoms with E-state index in [1.54, 1.807) is 24.3 Å². The maximum atomic E-state index is 12.8. The Labute approximate surface area is 165 Å². The van der Waals surface area contributed by atoms with Crippen LogP contribution in [0.3, 0.4) is 0 Å². The van der Waals surface area contributed by atoms with Crippen molar-refractivity contribution in [1.82, 2.24) is 9.80 Å². The van der Waals surface area contributed by atoms with Gasteiger partial charge in [0.25, 0.3) is 0 Å². The lowest BCUT2D eigenvalue weighted by atomic mass is 10.2. The molecule has 0 bridgehead atoms. The summed E-state index contributed by atoms with van der Waals surface area (Å²) in [6.45, 7) is 5.22. The third kappa shape index (κ3) is 4.96. The highest BCUT2D eigenvalue weighted by Crippen LogP contribution is 2.17. The number of rotatable bonds is 5. The fourth-order valence-corrected chi connectivity index (χ4v) is 3.36. The topological polar surface area (TPSA) is 67.7 Å². The summed E-state index contributed by atoms with van der Waals surface area (Å²) >= 11 is 0. The van der Waals surface area contributed by atoms with Crippen molar-refractivity contribution in [3.63, 3.8) is 0 Å². The monoisotopic (exact) mass is 376 g/mol. The van der Waals surface area contributed by atoms with Gasteiger partial charge in [0.05, 0.1) is 11.6 Å². The summed E-state index contributed by atoms with van der Waals surface area (Å²) < 4.78 is 0. The number of nitrogens with zero attached hydrogens (tertiary/aromatic N) is 4. The number of hydrogen-bond acceptors (Lipinski definition) is 4. The molecule has 1 aliphatic rings. The molecule has 0 saturated carbocycles. The van der Waals surface area contributed by atoms with E-state index in [1.807, 2.05) is 23.1 Å². The van der Waals surface area contributed by atoms with Crippen LogP contribution < -0.4 is 4.90 Å². The van der Waals surface area contributed by atoms with E-state index in [9.17, 15) is 9.59 Å². The van der Waals surface area contributed by atoms with Crippen molar-refractivity contribution >= 4 is 17.5 Å². The third-order valence-electron chi connectivity index (χ3n) is 4.93. The smallest absolute Gasteiger partial charge is 0.242 e. The van der Waals surface area contributed by atoms with E-state index in [2.05, 4.69) is 23.1 Å². The van der Waals surface area contributed by atoms with Crippen LogP contribution in [0.5, 0.6) is 0 Å². The number of carbonyl (C=O) groups excluding carboxylic acids is 2. The highest BCUT2D eigenvalue weighted by molar-refractivity contribution is 5.97. The van der Waals surface area contributed by atoms with Gasteiger partial charge in [-0.15, -0.1) is 0 Å². The van der Waals surface area contributed by atoms with Crippen molar-refractivity contribution in [1.29, 1.82) is 5.26 Å². The summed E-state index contributed by atoms with van der Waals surface area (Å²) in [5.74, 6) is -0.289. The van der Waals surface area contributed by atoms with E-state index in [4.69, 9.17) is 5.26 Å². The molecule has 6 nitrogen and oxygen atoms in total. The lowest BCUT2D eigenvalue weighted by Crippen LogP contribution is -2.51. The molecule has 0 aromatic heterocycles. The molecule has 0 unspecified atom stereocenters. The second kappa shape index (κ2) is 9.16. The fourth-order valence-electron chi connectivity index (χ4n) is 3.36. The average molecular weight is 376 g/mol. The van der Waals surface area contributed by atoms with E-state index < -0.39 is 0 Å². The van der Waals surface area contributed by atoms with Gasteiger partial charge < -0.3 is 9.80 Å². The summed E-state index contributed by atoms with van der Waals surface area (Å²) in [4.78, 5) is 30.4. The van der Waals surface area contributed by atoms with Crippen LogP contribution in [0.2, 0.25) is 0 Å². The zero-order chi connectivity index (χ0) is 19.9. The van der Waals surface area contributed by atoms with Gasteiger partial charge in [0, 0.05) is 45.3 Å². The SMILES string of the molecule is CC(=O)N(CC(=O)N1CCN(Cc2ccccc2)CC1)c1cccc(C#N)c1. The Bertz CT molecular complexity index is 868. The van der Waals surface area contributed by atoms with E-state index in [0.29, 0.717) is 24.3 Å². The Balaban J connectivity index is 1.58. The van der Waals surface area contributed by atoms with Crippen LogP contribution >= 0.6 is 0 Å². The molecule has 1 aliphatic heterocycles. The van der Waals surface area contributed by atoms with Crippen LogP contribution in [0, 0.1) is 11.3 Å². The van der Waals surface area contributed by atoms with Gasteiger partial charge in [0.1, 0.15) is 6.54 Å². The first-order valence-corrected chi connectivity index (χ1v) is 9.39. The average Bonchev–Trinajstić information content (AvgIpc) is 2.73. The predicted octanol–water partition coefficient (Wildman–Crippen LogP) is 2.26. The Hall–Kier alpha value is -3.17. The zero-order valence-corrected chi connectivity index (χ0v) is 16.0. The van der Waals surface area contributed by atoms with Gasteiger partial charge in [0.2, 0.25) is 11.8 Å². The molecule has 0 N–H and O–H groups in total. The van der Waals surface area contributed by atoms with Crippen LogP contribution in [0.15, 0.2) is 54.6 Å². The number of nitriles is 1. The number of piperazine rings is 1. The molecule has 3 rings (SSSR count). The van der Waals surface area contributed by atoms with Crippen molar-refractivity contribution in [2.24, 2.45) is 0 Å². The minimum absolute atomic E-state index is 0.0110. The third-order valence-corrected chi connectivity index (χ3v) is 4.93. The van der Waals surface area contributed by atoms with Crippen molar-refractivity contribution in [2.45, 2.75) is 13.5 Å². The van der Waals surface area contributed by atoms with Crippen molar-refractivity contribution in [3.05, 3.63) is 65.7 Å². The normalized spacial score (nSPS) is 14.4. The molecule has 2 amide bonds. The molecule has 0 aliphatic carbocycles. The Morgan fingerprint density at radius 3 is 2.39 bits per heavy atom. The number of hydrogen-bond donors (Lipinski definition) is 0. The Kier molecular flexibility index (Phi) is 6.41. The van der Waals surface area contributed by atoms with E-state index in [-0.39, 0.29) is 18.4 Å². The van der Waals surface area contributed by atoms with E-state index >= 15 is 0 Å². The highest BCUT2D eigenvalue weighted by Gasteiger charge is 2.24. The van der Waals surface area contributed by atoms with Gasteiger partial charge in [-0.25, -0.2) is 0 Å². The Morgan fingerprint density at radius 1 is 1.04 bits per heavy atom. The van der Waals surface area contributed by atoms with Gasteiger partial charge in [0.15, 0.2) is 0 Å². The number of amides is 2. The predicted molar refractivity (Wildman–Crippen MR) is 107 cm³/mol.